The molecule has 21 heavy (non-hydrogen) atoms. The van der Waals surface area contributed by atoms with Crippen molar-refractivity contribution >= 4 is 21.4 Å². The molecule has 1 aromatic carbocycles. The summed E-state index contributed by atoms with van der Waals surface area (Å²) in [7, 11) is -1.69. The lowest BCUT2D eigenvalue weighted by Gasteiger charge is -2.10. The first kappa shape index (κ1) is 16.1. The summed E-state index contributed by atoms with van der Waals surface area (Å²) >= 11 is 1.49. The second-order valence-electron chi connectivity index (χ2n) is 4.80. The number of aromatic nitrogens is 1. The standard InChI is InChI=1S/C14H19N3O2S2/c1-10-4-5-12(7-15-3)6-14(10)21(18,19)17-9-13-8-16-11(2)20-13/h4-6,8,15,17H,7,9H2,1-3H3. The van der Waals surface area contributed by atoms with Crippen LogP contribution >= 0.6 is 11.3 Å². The molecule has 1 heterocycles. The highest BCUT2D eigenvalue weighted by atomic mass is 32.2. The molecule has 0 unspecified atom stereocenters. The molecule has 2 rings (SSSR count). The fourth-order valence-electron chi connectivity index (χ4n) is 1.98. The van der Waals surface area contributed by atoms with Crippen LogP contribution in [-0.4, -0.2) is 20.4 Å². The maximum atomic E-state index is 12.4. The number of hydrogen-bond acceptors (Lipinski definition) is 5. The van der Waals surface area contributed by atoms with E-state index in [1.54, 1.807) is 19.2 Å². The van der Waals surface area contributed by atoms with E-state index in [4.69, 9.17) is 0 Å². The monoisotopic (exact) mass is 325 g/mol. The summed E-state index contributed by atoms with van der Waals surface area (Å²) in [5, 5.41) is 3.95. The molecular formula is C14H19N3O2S2. The summed E-state index contributed by atoms with van der Waals surface area (Å²) < 4.78 is 27.5. The van der Waals surface area contributed by atoms with E-state index in [-0.39, 0.29) is 6.54 Å². The van der Waals surface area contributed by atoms with Crippen molar-refractivity contribution in [3.63, 3.8) is 0 Å². The van der Waals surface area contributed by atoms with E-state index in [9.17, 15) is 8.42 Å². The van der Waals surface area contributed by atoms with Crippen LogP contribution in [0.2, 0.25) is 0 Å². The van der Waals surface area contributed by atoms with Crippen LogP contribution in [0.25, 0.3) is 0 Å². The summed E-state index contributed by atoms with van der Waals surface area (Å²) in [6.07, 6.45) is 1.70. The van der Waals surface area contributed by atoms with Gasteiger partial charge in [-0.2, -0.15) is 0 Å². The van der Waals surface area contributed by atoms with Crippen LogP contribution in [0.3, 0.4) is 0 Å². The predicted octanol–water partition coefficient (Wildman–Crippen LogP) is 1.96. The van der Waals surface area contributed by atoms with Crippen LogP contribution in [0, 0.1) is 13.8 Å². The SMILES string of the molecule is CNCc1ccc(C)c(S(=O)(=O)NCc2cnc(C)s2)c1. The van der Waals surface area contributed by atoms with Crippen molar-refractivity contribution in [3.05, 3.63) is 45.4 Å². The fourth-order valence-corrected chi connectivity index (χ4v) is 4.10. The minimum atomic E-state index is -3.52. The second-order valence-corrected chi connectivity index (χ2v) is 7.86. The summed E-state index contributed by atoms with van der Waals surface area (Å²) in [5.74, 6) is 0. The third-order valence-electron chi connectivity index (χ3n) is 3.03. The van der Waals surface area contributed by atoms with E-state index in [0.29, 0.717) is 11.4 Å². The van der Waals surface area contributed by atoms with E-state index in [0.717, 1.165) is 21.0 Å². The summed E-state index contributed by atoms with van der Waals surface area (Å²) in [5.41, 5.74) is 1.68. The minimum Gasteiger partial charge on any atom is -0.316 e. The highest BCUT2D eigenvalue weighted by Gasteiger charge is 2.17. The lowest BCUT2D eigenvalue weighted by Crippen LogP contribution is -2.24. The highest BCUT2D eigenvalue weighted by Crippen LogP contribution is 2.18. The Morgan fingerprint density at radius 1 is 1.24 bits per heavy atom. The van der Waals surface area contributed by atoms with Crippen LogP contribution in [-0.2, 0) is 23.1 Å². The summed E-state index contributed by atoms with van der Waals surface area (Å²) in [4.78, 5) is 5.35. The van der Waals surface area contributed by atoms with Gasteiger partial charge in [0.2, 0.25) is 10.0 Å². The number of aryl methyl sites for hydroxylation is 2. The zero-order valence-corrected chi connectivity index (χ0v) is 13.9. The predicted molar refractivity (Wildman–Crippen MR) is 84.8 cm³/mol. The number of nitrogens with one attached hydrogen (secondary N) is 2. The van der Waals surface area contributed by atoms with Gasteiger partial charge in [0.05, 0.1) is 9.90 Å². The van der Waals surface area contributed by atoms with E-state index >= 15 is 0 Å². The molecule has 0 fully saturated rings. The van der Waals surface area contributed by atoms with Crippen molar-refractivity contribution in [2.45, 2.75) is 31.8 Å². The maximum Gasteiger partial charge on any atom is 0.241 e. The van der Waals surface area contributed by atoms with Crippen molar-refractivity contribution in [2.75, 3.05) is 7.05 Å². The van der Waals surface area contributed by atoms with Crippen LogP contribution in [0.4, 0.5) is 0 Å². The number of hydrogen-bond donors (Lipinski definition) is 2. The third-order valence-corrected chi connectivity index (χ3v) is 5.48. The first-order chi connectivity index (χ1) is 9.92. The molecule has 0 bridgehead atoms. The number of benzene rings is 1. The van der Waals surface area contributed by atoms with Crippen molar-refractivity contribution in [3.8, 4) is 0 Å². The molecule has 0 radical (unpaired) electrons. The fraction of sp³-hybridized carbons (Fsp3) is 0.357. The van der Waals surface area contributed by atoms with Gasteiger partial charge in [-0.3, -0.25) is 0 Å². The lowest BCUT2D eigenvalue weighted by molar-refractivity contribution is 0.581. The molecule has 2 N–H and O–H groups in total. The van der Waals surface area contributed by atoms with E-state index in [1.807, 2.05) is 26.1 Å². The number of sulfonamides is 1. The Balaban J connectivity index is 2.20. The van der Waals surface area contributed by atoms with Crippen LogP contribution < -0.4 is 10.0 Å². The molecule has 2 aromatic rings. The van der Waals surface area contributed by atoms with Crippen molar-refractivity contribution in [2.24, 2.45) is 0 Å². The average molecular weight is 325 g/mol. The van der Waals surface area contributed by atoms with Gasteiger partial charge in [0, 0.05) is 24.2 Å². The van der Waals surface area contributed by atoms with Crippen molar-refractivity contribution in [1.29, 1.82) is 0 Å². The van der Waals surface area contributed by atoms with Crippen LogP contribution in [0.15, 0.2) is 29.3 Å². The van der Waals surface area contributed by atoms with Gasteiger partial charge in [0.1, 0.15) is 0 Å². The molecule has 5 nitrogen and oxygen atoms in total. The van der Waals surface area contributed by atoms with Gasteiger partial charge in [-0.15, -0.1) is 11.3 Å². The van der Waals surface area contributed by atoms with Crippen molar-refractivity contribution < 1.29 is 8.42 Å². The normalized spacial score (nSPS) is 11.8. The minimum absolute atomic E-state index is 0.267. The van der Waals surface area contributed by atoms with E-state index in [1.165, 1.54) is 11.3 Å². The molecular weight excluding hydrogens is 306 g/mol. The number of nitrogens with zero attached hydrogens (tertiary/aromatic N) is 1. The molecule has 0 atom stereocenters. The first-order valence-electron chi connectivity index (χ1n) is 6.57. The Labute approximate surface area is 129 Å². The Bertz CT molecular complexity index is 724. The van der Waals surface area contributed by atoms with Crippen LogP contribution in [0.1, 0.15) is 21.0 Å². The molecule has 0 spiro atoms. The second kappa shape index (κ2) is 6.65. The van der Waals surface area contributed by atoms with Gasteiger partial charge in [0.25, 0.3) is 0 Å². The Kier molecular flexibility index (Phi) is 5.10. The zero-order chi connectivity index (χ0) is 15.5. The smallest absolute Gasteiger partial charge is 0.241 e. The number of thiazole rings is 1. The summed E-state index contributed by atoms with van der Waals surface area (Å²) in [6.45, 7) is 4.60. The molecule has 1 aromatic heterocycles. The Hall–Kier alpha value is -1.28. The van der Waals surface area contributed by atoms with E-state index < -0.39 is 10.0 Å². The molecule has 0 amide bonds. The van der Waals surface area contributed by atoms with Gasteiger partial charge < -0.3 is 5.32 Å². The first-order valence-corrected chi connectivity index (χ1v) is 8.87. The van der Waals surface area contributed by atoms with Gasteiger partial charge in [-0.05, 0) is 38.1 Å². The molecule has 0 saturated carbocycles. The van der Waals surface area contributed by atoms with Gasteiger partial charge in [-0.1, -0.05) is 12.1 Å². The molecule has 0 aliphatic heterocycles. The Morgan fingerprint density at radius 2 is 2.00 bits per heavy atom. The van der Waals surface area contributed by atoms with Crippen molar-refractivity contribution in [1.82, 2.24) is 15.0 Å². The molecule has 0 saturated heterocycles. The van der Waals surface area contributed by atoms with Crippen LogP contribution in [0.5, 0.6) is 0 Å². The summed E-state index contributed by atoms with van der Waals surface area (Å²) in [6, 6.07) is 5.47. The van der Waals surface area contributed by atoms with Gasteiger partial charge in [-0.25, -0.2) is 18.1 Å². The molecule has 7 heteroatoms. The molecule has 0 aliphatic rings. The largest absolute Gasteiger partial charge is 0.316 e. The van der Waals surface area contributed by atoms with Gasteiger partial charge in [0.15, 0.2) is 0 Å². The third kappa shape index (κ3) is 4.10. The van der Waals surface area contributed by atoms with Gasteiger partial charge >= 0.3 is 0 Å². The average Bonchev–Trinajstić information content (AvgIpc) is 2.85. The molecule has 114 valence electrons. The highest BCUT2D eigenvalue weighted by molar-refractivity contribution is 7.89. The number of rotatable bonds is 6. The zero-order valence-electron chi connectivity index (χ0n) is 12.3. The maximum absolute atomic E-state index is 12.4. The topological polar surface area (TPSA) is 71.1 Å². The molecule has 0 aliphatic carbocycles. The van der Waals surface area contributed by atoms with E-state index in [2.05, 4.69) is 15.0 Å². The Morgan fingerprint density at radius 3 is 2.62 bits per heavy atom. The quantitative estimate of drug-likeness (QED) is 0.852. The lowest BCUT2D eigenvalue weighted by atomic mass is 10.1.